The summed E-state index contributed by atoms with van der Waals surface area (Å²) in [6.07, 6.45) is 1.08. The van der Waals surface area contributed by atoms with Gasteiger partial charge >= 0.3 is 13.1 Å². The summed E-state index contributed by atoms with van der Waals surface area (Å²) >= 11 is 0. The van der Waals surface area contributed by atoms with Crippen molar-refractivity contribution in [1.29, 1.82) is 0 Å². The van der Waals surface area contributed by atoms with Gasteiger partial charge < -0.3 is 31.6 Å². The highest BCUT2D eigenvalue weighted by Gasteiger charge is 2.38. The van der Waals surface area contributed by atoms with Gasteiger partial charge in [0.15, 0.2) is 0 Å². The number of carbonyl (C=O) groups excluding carboxylic acids is 1. The molecule has 27 heavy (non-hydrogen) atoms. The van der Waals surface area contributed by atoms with E-state index in [1.165, 1.54) is 6.07 Å². The Kier molecular flexibility index (Phi) is 6.00. The van der Waals surface area contributed by atoms with Crippen LogP contribution >= 0.6 is 0 Å². The van der Waals surface area contributed by atoms with Crippen molar-refractivity contribution >= 4 is 19.0 Å². The fourth-order valence-corrected chi connectivity index (χ4v) is 3.69. The lowest BCUT2D eigenvalue weighted by atomic mass is 9.72. The summed E-state index contributed by atoms with van der Waals surface area (Å²) < 4.78 is 5.39. The standard InChI is InChI=1S/C17H25BN4O5/c19-7-11-8-22(5-4-13(11)20)9-15(23)21-14-6-10-2-1-3-12(17(24)25)16(10)27-18(14)26/h1-3,11,13-14,26H,4-9,19-20H2,(H,21,23)(H,24,25). The van der Waals surface area contributed by atoms with E-state index in [-0.39, 0.29) is 35.7 Å². The molecule has 2 aliphatic rings. The molecule has 1 aromatic rings. The van der Waals surface area contributed by atoms with Gasteiger partial charge in [-0.1, -0.05) is 12.1 Å². The molecule has 146 valence electrons. The topological polar surface area (TPSA) is 151 Å². The Morgan fingerprint density at radius 2 is 2.19 bits per heavy atom. The van der Waals surface area contributed by atoms with Crippen molar-refractivity contribution < 1.29 is 24.4 Å². The fourth-order valence-electron chi connectivity index (χ4n) is 3.69. The molecule has 9 nitrogen and oxygen atoms in total. The Morgan fingerprint density at radius 3 is 2.89 bits per heavy atom. The van der Waals surface area contributed by atoms with Gasteiger partial charge in [0, 0.05) is 19.1 Å². The number of carboxylic acid groups (broad SMARTS) is 1. The molecular weight excluding hydrogens is 351 g/mol. The lowest BCUT2D eigenvalue weighted by Crippen LogP contribution is -2.56. The molecule has 0 bridgehead atoms. The third-order valence-electron chi connectivity index (χ3n) is 5.24. The number of nitrogens with zero attached hydrogens (tertiary/aromatic N) is 1. The maximum absolute atomic E-state index is 12.4. The maximum atomic E-state index is 12.4. The van der Waals surface area contributed by atoms with Crippen LogP contribution in [0.5, 0.6) is 5.75 Å². The monoisotopic (exact) mass is 376 g/mol. The van der Waals surface area contributed by atoms with Gasteiger partial charge in [0.25, 0.3) is 0 Å². The molecule has 1 saturated heterocycles. The fraction of sp³-hybridized carbons (Fsp3) is 0.529. The molecule has 2 aliphatic heterocycles. The van der Waals surface area contributed by atoms with E-state index in [1.54, 1.807) is 12.1 Å². The second kappa shape index (κ2) is 8.26. The molecule has 1 fully saturated rings. The van der Waals surface area contributed by atoms with Crippen LogP contribution in [0.1, 0.15) is 22.3 Å². The minimum Gasteiger partial charge on any atom is -0.534 e. The minimum absolute atomic E-state index is 0.00573. The van der Waals surface area contributed by atoms with Crippen molar-refractivity contribution in [2.75, 3.05) is 26.2 Å². The van der Waals surface area contributed by atoms with E-state index in [4.69, 9.17) is 16.1 Å². The smallest absolute Gasteiger partial charge is 0.534 e. The highest BCUT2D eigenvalue weighted by molar-refractivity contribution is 6.47. The molecule has 10 heteroatoms. The van der Waals surface area contributed by atoms with Gasteiger partial charge in [0.05, 0.1) is 18.0 Å². The SMILES string of the molecule is NCC1CN(CC(=O)NC2Cc3cccc(C(=O)O)c3OB2O)CCC1N. The number of nitrogens with one attached hydrogen (secondary N) is 1. The molecule has 3 atom stereocenters. The molecule has 3 unspecified atom stereocenters. The first-order chi connectivity index (χ1) is 12.9. The Bertz CT molecular complexity index is 719. The minimum atomic E-state index is -1.31. The number of para-hydroxylation sites is 1. The largest absolute Gasteiger partial charge is 0.547 e. The maximum Gasteiger partial charge on any atom is 0.547 e. The molecule has 7 N–H and O–H groups in total. The van der Waals surface area contributed by atoms with E-state index in [1.807, 2.05) is 4.90 Å². The predicted octanol–water partition coefficient (Wildman–Crippen LogP) is -1.57. The summed E-state index contributed by atoms with van der Waals surface area (Å²) in [7, 11) is -1.31. The number of carboxylic acids is 1. The number of fused-ring (bicyclic) bond motifs is 1. The zero-order valence-electron chi connectivity index (χ0n) is 15.0. The van der Waals surface area contributed by atoms with Gasteiger partial charge in [-0.25, -0.2) is 4.79 Å². The summed E-state index contributed by atoms with van der Waals surface area (Å²) in [5.74, 6) is -1.69. The van der Waals surface area contributed by atoms with Gasteiger partial charge in [0.1, 0.15) is 5.75 Å². The number of rotatable bonds is 5. The molecule has 1 amide bonds. The van der Waals surface area contributed by atoms with Gasteiger partial charge in [-0.15, -0.1) is 0 Å². The average Bonchev–Trinajstić information content (AvgIpc) is 2.63. The quantitative estimate of drug-likeness (QED) is 0.387. The van der Waals surface area contributed by atoms with Gasteiger partial charge in [-0.2, -0.15) is 0 Å². The highest BCUT2D eigenvalue weighted by atomic mass is 16.5. The first-order valence-corrected chi connectivity index (χ1v) is 9.06. The summed E-state index contributed by atoms with van der Waals surface area (Å²) in [6.45, 7) is 2.06. The first-order valence-electron chi connectivity index (χ1n) is 9.06. The molecular formula is C17H25BN4O5. The molecule has 0 radical (unpaired) electrons. The lowest BCUT2D eigenvalue weighted by molar-refractivity contribution is -0.123. The number of benzene rings is 1. The number of hydrogen-bond acceptors (Lipinski definition) is 7. The third-order valence-corrected chi connectivity index (χ3v) is 5.24. The molecule has 0 aliphatic carbocycles. The highest BCUT2D eigenvalue weighted by Crippen LogP contribution is 2.30. The van der Waals surface area contributed by atoms with Crippen LogP contribution in [-0.2, 0) is 11.2 Å². The molecule has 2 heterocycles. The molecule has 0 spiro atoms. The van der Waals surface area contributed by atoms with Crippen LogP contribution in [0.15, 0.2) is 18.2 Å². The van der Waals surface area contributed by atoms with Crippen molar-refractivity contribution in [2.24, 2.45) is 17.4 Å². The van der Waals surface area contributed by atoms with Gasteiger partial charge in [0.2, 0.25) is 5.91 Å². The number of aromatic carboxylic acids is 1. The van der Waals surface area contributed by atoms with E-state index in [0.717, 1.165) is 13.0 Å². The van der Waals surface area contributed by atoms with Crippen molar-refractivity contribution in [3.8, 4) is 5.75 Å². The Labute approximate surface area is 157 Å². The van der Waals surface area contributed by atoms with E-state index in [2.05, 4.69) is 5.32 Å². The van der Waals surface area contributed by atoms with Crippen LogP contribution < -0.4 is 21.4 Å². The zero-order valence-corrected chi connectivity index (χ0v) is 15.0. The predicted molar refractivity (Wildman–Crippen MR) is 99.2 cm³/mol. The van der Waals surface area contributed by atoms with Crippen LogP contribution in [0.25, 0.3) is 0 Å². The van der Waals surface area contributed by atoms with Gasteiger partial charge in [-0.05, 0) is 36.9 Å². The average molecular weight is 376 g/mol. The Hall–Kier alpha value is -2.14. The lowest BCUT2D eigenvalue weighted by Gasteiger charge is -2.36. The number of carbonyl (C=O) groups is 2. The number of amides is 1. The number of likely N-dealkylation sites (tertiary alicyclic amines) is 1. The Balaban J connectivity index is 1.60. The summed E-state index contributed by atoms with van der Waals surface area (Å²) in [5, 5.41) is 22.2. The number of nitrogens with two attached hydrogens (primary N) is 2. The van der Waals surface area contributed by atoms with Crippen LogP contribution in [0.2, 0.25) is 0 Å². The Morgan fingerprint density at radius 1 is 1.41 bits per heavy atom. The van der Waals surface area contributed by atoms with Crippen LogP contribution in [0.4, 0.5) is 0 Å². The van der Waals surface area contributed by atoms with Crippen LogP contribution in [0, 0.1) is 5.92 Å². The van der Waals surface area contributed by atoms with Crippen molar-refractivity contribution in [3.63, 3.8) is 0 Å². The van der Waals surface area contributed by atoms with Crippen LogP contribution in [-0.4, -0.2) is 72.2 Å². The molecule has 0 saturated carbocycles. The molecule has 1 aromatic carbocycles. The third kappa shape index (κ3) is 4.41. The summed E-state index contributed by atoms with van der Waals surface area (Å²) in [5.41, 5.74) is 12.4. The summed E-state index contributed by atoms with van der Waals surface area (Å²) in [4.78, 5) is 25.7. The summed E-state index contributed by atoms with van der Waals surface area (Å²) in [6, 6.07) is 4.82. The first kappa shape index (κ1) is 19.6. The molecule has 0 aromatic heterocycles. The normalized spacial score (nSPS) is 25.4. The van der Waals surface area contributed by atoms with E-state index in [9.17, 15) is 19.7 Å². The van der Waals surface area contributed by atoms with E-state index >= 15 is 0 Å². The zero-order chi connectivity index (χ0) is 19.6. The van der Waals surface area contributed by atoms with Crippen LogP contribution in [0.3, 0.4) is 0 Å². The van der Waals surface area contributed by atoms with E-state index in [0.29, 0.717) is 25.1 Å². The number of hydrogen-bond donors (Lipinski definition) is 5. The number of piperidine rings is 1. The van der Waals surface area contributed by atoms with E-state index < -0.39 is 19.0 Å². The molecule has 3 rings (SSSR count). The second-order valence-corrected chi connectivity index (χ2v) is 7.17. The van der Waals surface area contributed by atoms with Crippen molar-refractivity contribution in [1.82, 2.24) is 10.2 Å². The second-order valence-electron chi connectivity index (χ2n) is 7.17. The van der Waals surface area contributed by atoms with Crippen molar-refractivity contribution in [3.05, 3.63) is 29.3 Å². The van der Waals surface area contributed by atoms with Crippen molar-refractivity contribution in [2.45, 2.75) is 24.8 Å². The van der Waals surface area contributed by atoms with Gasteiger partial charge in [-0.3, -0.25) is 9.69 Å².